The minimum Gasteiger partial charge on any atom is -0.493 e. The molecule has 2 atom stereocenters. The minimum absolute atomic E-state index is 0.0475. The van der Waals surface area contributed by atoms with Crippen molar-refractivity contribution in [2.75, 3.05) is 26.9 Å². The Hall–Kier alpha value is -5.13. The molecule has 0 radical (unpaired) electrons. The molecule has 2 aromatic carbocycles. The van der Waals surface area contributed by atoms with Crippen LogP contribution in [-0.2, 0) is 25.5 Å². The zero-order valence-corrected chi connectivity index (χ0v) is 26.1. The molecule has 2 aliphatic rings. The number of halogens is 7. The van der Waals surface area contributed by atoms with Gasteiger partial charge in [0.25, 0.3) is 11.8 Å². The van der Waals surface area contributed by atoms with Crippen LogP contribution < -0.4 is 24.8 Å². The first-order chi connectivity index (χ1) is 23.4. The predicted octanol–water partition coefficient (Wildman–Crippen LogP) is 4.45. The SMILES string of the molecule is COc1cc(C(=O)NCC(O)(c2cc3c(c(-c4ccc(F)cc4)n2)OCC3(NC(=O)COC(C)=O)C(F)(F)F)C(F)(F)F)ccc1OC1CC1. The number of aromatic nitrogens is 1. The molecule has 1 saturated carbocycles. The van der Waals surface area contributed by atoms with E-state index < -0.39 is 89.6 Å². The fourth-order valence-electron chi connectivity index (χ4n) is 5.04. The number of carbonyl (C=O) groups excluding carboxylic acids is 3. The third kappa shape index (κ3) is 7.10. The van der Waals surface area contributed by atoms with Crippen molar-refractivity contribution in [1.82, 2.24) is 15.6 Å². The maximum Gasteiger partial charge on any atom is 0.424 e. The molecule has 11 nitrogen and oxygen atoms in total. The number of methoxy groups -OCH3 is 1. The number of nitrogens with one attached hydrogen (secondary N) is 2. The summed E-state index contributed by atoms with van der Waals surface area (Å²) >= 11 is 0. The standard InChI is InChI=1S/C32H28F7N3O8/c1-16(43)48-13-25(44)42-29(31(34,35)36)15-49-27-21(29)12-24(41-26(27)17-3-6-19(33)7-4-17)30(46,32(37,38)39)14-40-28(45)18-5-10-22(23(11-18)47-2)50-20-8-9-20/h3-7,10-12,20,46H,8-9,13-15H2,1-2H3,(H,40,45)(H,42,44). The maximum atomic E-state index is 14.9. The van der Waals surface area contributed by atoms with Crippen LogP contribution in [0.15, 0.2) is 48.5 Å². The highest BCUT2D eigenvalue weighted by atomic mass is 19.4. The molecule has 1 aromatic heterocycles. The average molecular weight is 716 g/mol. The van der Waals surface area contributed by atoms with Crippen molar-refractivity contribution < 1.29 is 69.2 Å². The van der Waals surface area contributed by atoms with Gasteiger partial charge in [-0.05, 0) is 61.4 Å². The van der Waals surface area contributed by atoms with Crippen LogP contribution in [0.5, 0.6) is 17.2 Å². The summed E-state index contributed by atoms with van der Waals surface area (Å²) in [6.45, 7) is -3.34. The largest absolute Gasteiger partial charge is 0.493 e. The second kappa shape index (κ2) is 13.3. The number of aliphatic hydroxyl groups is 1. The molecule has 2 heterocycles. The lowest BCUT2D eigenvalue weighted by atomic mass is 9.86. The number of rotatable bonds is 11. The van der Waals surface area contributed by atoms with E-state index in [-0.39, 0.29) is 34.8 Å². The topological polar surface area (TPSA) is 145 Å². The van der Waals surface area contributed by atoms with Gasteiger partial charge < -0.3 is 34.7 Å². The van der Waals surface area contributed by atoms with Gasteiger partial charge in [-0.15, -0.1) is 0 Å². The van der Waals surface area contributed by atoms with Gasteiger partial charge in [0.2, 0.25) is 5.60 Å². The fraction of sp³-hybridized carbons (Fsp3) is 0.375. The Balaban J connectivity index is 1.59. The molecule has 50 heavy (non-hydrogen) atoms. The number of carbonyl (C=O) groups is 3. The summed E-state index contributed by atoms with van der Waals surface area (Å²) in [7, 11) is 1.28. The molecule has 3 N–H and O–H groups in total. The highest BCUT2D eigenvalue weighted by molar-refractivity contribution is 5.95. The molecule has 3 aromatic rings. The van der Waals surface area contributed by atoms with Gasteiger partial charge >= 0.3 is 18.3 Å². The quantitative estimate of drug-likeness (QED) is 0.194. The highest BCUT2D eigenvalue weighted by Crippen LogP contribution is 2.52. The first-order valence-corrected chi connectivity index (χ1v) is 14.8. The van der Waals surface area contributed by atoms with Crippen LogP contribution in [0, 0.1) is 5.82 Å². The number of hydrogen-bond acceptors (Lipinski definition) is 9. The molecule has 0 bridgehead atoms. The number of hydrogen-bond donors (Lipinski definition) is 3. The Morgan fingerprint density at radius 2 is 1.70 bits per heavy atom. The maximum absolute atomic E-state index is 14.9. The third-order valence-electron chi connectivity index (χ3n) is 7.87. The summed E-state index contributed by atoms with van der Waals surface area (Å²) in [6, 6.07) is 7.74. The molecule has 2 unspecified atom stereocenters. The Bertz CT molecular complexity index is 1800. The van der Waals surface area contributed by atoms with Crippen molar-refractivity contribution >= 4 is 17.8 Å². The summed E-state index contributed by atoms with van der Waals surface area (Å²) in [5.74, 6) is -4.79. The number of amides is 2. The van der Waals surface area contributed by atoms with E-state index in [0.717, 1.165) is 44.0 Å². The van der Waals surface area contributed by atoms with Crippen molar-refractivity contribution in [2.24, 2.45) is 0 Å². The summed E-state index contributed by atoms with van der Waals surface area (Å²) < 4.78 is 123. The molecular formula is C32H28F7N3O8. The van der Waals surface area contributed by atoms with Gasteiger partial charge in [0.05, 0.1) is 25.5 Å². The number of ether oxygens (including phenoxy) is 4. The second-order valence-electron chi connectivity index (χ2n) is 11.5. The highest BCUT2D eigenvalue weighted by Gasteiger charge is 2.64. The van der Waals surface area contributed by atoms with Crippen LogP contribution in [-0.4, -0.2) is 73.2 Å². The monoisotopic (exact) mass is 715 g/mol. The fourth-order valence-corrected chi connectivity index (χ4v) is 5.04. The average Bonchev–Trinajstić information content (AvgIpc) is 3.79. The lowest BCUT2D eigenvalue weighted by molar-refractivity contribution is -0.265. The lowest BCUT2D eigenvalue weighted by Crippen LogP contribution is -2.58. The van der Waals surface area contributed by atoms with Gasteiger partial charge in [-0.25, -0.2) is 9.37 Å². The van der Waals surface area contributed by atoms with Crippen molar-refractivity contribution in [3.05, 3.63) is 71.2 Å². The van der Waals surface area contributed by atoms with E-state index in [1.165, 1.54) is 25.3 Å². The number of benzene rings is 2. The number of pyridine rings is 1. The third-order valence-corrected chi connectivity index (χ3v) is 7.87. The first-order valence-electron chi connectivity index (χ1n) is 14.8. The normalized spacial score (nSPS) is 18.3. The van der Waals surface area contributed by atoms with Crippen LogP contribution in [0.2, 0.25) is 0 Å². The lowest BCUT2D eigenvalue weighted by Gasteiger charge is -2.34. The Labute approximate surface area is 278 Å². The summed E-state index contributed by atoms with van der Waals surface area (Å²) in [4.78, 5) is 40.6. The molecular weight excluding hydrogens is 687 g/mol. The van der Waals surface area contributed by atoms with Crippen LogP contribution in [0.3, 0.4) is 0 Å². The Morgan fingerprint density at radius 3 is 2.28 bits per heavy atom. The smallest absolute Gasteiger partial charge is 0.424 e. The molecule has 1 fully saturated rings. The van der Waals surface area contributed by atoms with Crippen molar-refractivity contribution in [3.63, 3.8) is 0 Å². The van der Waals surface area contributed by atoms with Crippen molar-refractivity contribution in [2.45, 2.75) is 49.4 Å². The van der Waals surface area contributed by atoms with Gasteiger partial charge in [-0.1, -0.05) is 0 Å². The van der Waals surface area contributed by atoms with Crippen LogP contribution in [0.4, 0.5) is 30.7 Å². The molecule has 0 saturated heterocycles. The zero-order chi connectivity index (χ0) is 36.6. The summed E-state index contributed by atoms with van der Waals surface area (Å²) in [5, 5.41) is 14.8. The van der Waals surface area contributed by atoms with Crippen molar-refractivity contribution in [1.29, 1.82) is 0 Å². The van der Waals surface area contributed by atoms with Gasteiger partial charge in [-0.2, -0.15) is 26.3 Å². The van der Waals surface area contributed by atoms with Crippen LogP contribution >= 0.6 is 0 Å². The second-order valence-corrected chi connectivity index (χ2v) is 11.5. The van der Waals surface area contributed by atoms with Crippen molar-refractivity contribution in [3.8, 4) is 28.5 Å². The van der Waals surface area contributed by atoms with Crippen LogP contribution in [0.1, 0.15) is 41.4 Å². The number of esters is 1. The molecule has 5 rings (SSSR count). The molecule has 2 amide bonds. The van der Waals surface area contributed by atoms with Crippen LogP contribution in [0.25, 0.3) is 11.3 Å². The number of alkyl halides is 6. The minimum atomic E-state index is -5.68. The molecule has 268 valence electrons. The molecule has 18 heteroatoms. The Kier molecular flexibility index (Phi) is 9.62. The zero-order valence-electron chi connectivity index (χ0n) is 26.1. The Morgan fingerprint density at radius 1 is 1.02 bits per heavy atom. The van der Waals surface area contributed by atoms with E-state index in [0.29, 0.717) is 0 Å². The predicted molar refractivity (Wildman–Crippen MR) is 157 cm³/mol. The van der Waals surface area contributed by atoms with E-state index in [1.54, 1.807) is 5.32 Å². The summed E-state index contributed by atoms with van der Waals surface area (Å²) in [5.41, 5.74) is -11.3. The summed E-state index contributed by atoms with van der Waals surface area (Å²) in [6.07, 6.45) is -9.58. The molecule has 1 aliphatic carbocycles. The molecule has 0 spiro atoms. The molecule has 1 aliphatic heterocycles. The van der Waals surface area contributed by atoms with Gasteiger partial charge in [-0.3, -0.25) is 14.4 Å². The van der Waals surface area contributed by atoms with E-state index in [9.17, 15) is 50.2 Å². The number of fused-ring (bicyclic) bond motifs is 1. The van der Waals surface area contributed by atoms with E-state index >= 15 is 0 Å². The number of nitrogens with zero attached hydrogens (tertiary/aromatic N) is 1. The van der Waals surface area contributed by atoms with E-state index in [4.69, 9.17) is 14.2 Å². The van der Waals surface area contributed by atoms with Gasteiger partial charge in [0.15, 0.2) is 29.4 Å². The van der Waals surface area contributed by atoms with E-state index in [2.05, 4.69) is 9.72 Å². The van der Waals surface area contributed by atoms with Gasteiger partial charge in [0, 0.05) is 23.6 Å². The van der Waals surface area contributed by atoms with Gasteiger partial charge in [0.1, 0.15) is 18.1 Å². The van der Waals surface area contributed by atoms with E-state index in [1.807, 2.05) is 5.32 Å². The first kappa shape index (κ1) is 36.2.